The van der Waals surface area contributed by atoms with Gasteiger partial charge < -0.3 is 0 Å². The predicted octanol–water partition coefficient (Wildman–Crippen LogP) is 0.0725. The fourth-order valence-electron chi connectivity index (χ4n) is 0.665. The number of rotatable bonds is 0. The summed E-state index contributed by atoms with van der Waals surface area (Å²) < 4.78 is -0.750. The van der Waals surface area contributed by atoms with E-state index >= 15 is 0 Å². The molecule has 0 spiro atoms. The number of imide groups is 3. The Balaban J connectivity index is 4.99. The molecule has 0 bridgehead atoms. The van der Waals surface area contributed by atoms with Gasteiger partial charge >= 0.3 is 17.7 Å². The number of hydrogen-bond acceptors (Lipinski definition) is 3. The second-order valence-corrected chi connectivity index (χ2v) is 2.56. The van der Waals surface area contributed by atoms with E-state index in [1.165, 1.54) is 27.8 Å². The summed E-state index contributed by atoms with van der Waals surface area (Å²) >= 11 is 0. The highest BCUT2D eigenvalue weighted by Crippen LogP contribution is 2.04. The van der Waals surface area contributed by atoms with Crippen LogP contribution in [0.3, 0.4) is 0 Å². The van der Waals surface area contributed by atoms with Crippen molar-refractivity contribution in [3.05, 3.63) is 0 Å². The maximum atomic E-state index is 10.9. The molecule has 0 heterocycles. The molecule has 11 heavy (non-hydrogen) atoms. The SMILES string of the molecule is CC(=O)[N+](C)(C(C)=O)C(C)=O. The third-order valence-electron chi connectivity index (χ3n) is 1.89. The Morgan fingerprint density at radius 1 is 0.818 bits per heavy atom. The quantitative estimate of drug-likeness (QED) is 0.469. The second kappa shape index (κ2) is 2.92. The van der Waals surface area contributed by atoms with E-state index in [0.717, 1.165) is 0 Å². The minimum Gasteiger partial charge on any atom is -0.230 e. The Kier molecular flexibility index (Phi) is 2.65. The summed E-state index contributed by atoms with van der Waals surface area (Å²) in [6, 6.07) is 0. The van der Waals surface area contributed by atoms with Crippen LogP contribution in [-0.4, -0.2) is 29.3 Å². The van der Waals surface area contributed by atoms with Crippen molar-refractivity contribution in [2.45, 2.75) is 20.8 Å². The van der Waals surface area contributed by atoms with Crippen LogP contribution in [0.5, 0.6) is 0 Å². The summed E-state index contributed by atoms with van der Waals surface area (Å²) in [7, 11) is 1.30. The van der Waals surface area contributed by atoms with E-state index in [9.17, 15) is 14.4 Å². The summed E-state index contributed by atoms with van der Waals surface area (Å²) in [5, 5.41) is 0. The lowest BCUT2D eigenvalue weighted by molar-refractivity contribution is -0.677. The number of carbonyl (C=O) groups is 3. The first-order valence-corrected chi connectivity index (χ1v) is 3.23. The van der Waals surface area contributed by atoms with Crippen LogP contribution in [0.15, 0.2) is 0 Å². The van der Waals surface area contributed by atoms with Gasteiger partial charge in [0.15, 0.2) is 0 Å². The molecule has 0 aliphatic carbocycles. The van der Waals surface area contributed by atoms with Gasteiger partial charge in [-0.05, 0) is 0 Å². The molecular weight excluding hydrogens is 146 g/mol. The van der Waals surface area contributed by atoms with Crippen LogP contribution in [0, 0.1) is 0 Å². The molecule has 0 aliphatic rings. The topological polar surface area (TPSA) is 51.2 Å². The van der Waals surface area contributed by atoms with Crippen molar-refractivity contribution in [3.8, 4) is 0 Å². The maximum absolute atomic E-state index is 10.9. The predicted molar refractivity (Wildman–Crippen MR) is 38.2 cm³/mol. The van der Waals surface area contributed by atoms with Crippen LogP contribution in [0.25, 0.3) is 0 Å². The Morgan fingerprint density at radius 2 is 1.00 bits per heavy atom. The molecule has 0 saturated carbocycles. The van der Waals surface area contributed by atoms with Crippen molar-refractivity contribution in [1.82, 2.24) is 0 Å². The van der Waals surface area contributed by atoms with Crippen LogP contribution in [0.2, 0.25) is 0 Å². The van der Waals surface area contributed by atoms with E-state index in [4.69, 9.17) is 0 Å². The van der Waals surface area contributed by atoms with E-state index in [2.05, 4.69) is 0 Å². The zero-order valence-electron chi connectivity index (χ0n) is 7.17. The molecule has 4 heteroatoms. The normalized spacial score (nSPS) is 10.9. The molecule has 62 valence electrons. The molecule has 0 rings (SSSR count). The van der Waals surface area contributed by atoms with Crippen LogP contribution in [-0.2, 0) is 14.4 Å². The smallest absolute Gasteiger partial charge is 0.230 e. The summed E-state index contributed by atoms with van der Waals surface area (Å²) in [5.41, 5.74) is 0. The molecule has 0 unspecified atom stereocenters. The minimum absolute atomic E-state index is 0.454. The molecule has 0 N–H and O–H groups in total. The lowest BCUT2D eigenvalue weighted by atomic mass is 10.3. The van der Waals surface area contributed by atoms with Gasteiger partial charge in [0.2, 0.25) is 0 Å². The number of quaternary nitrogens is 1. The van der Waals surface area contributed by atoms with E-state index in [-0.39, 0.29) is 0 Å². The fraction of sp³-hybridized carbons (Fsp3) is 0.571. The Bertz CT molecular complexity index is 184. The van der Waals surface area contributed by atoms with Crippen molar-refractivity contribution in [3.63, 3.8) is 0 Å². The Labute approximate surface area is 65.4 Å². The largest absolute Gasteiger partial charge is 0.325 e. The van der Waals surface area contributed by atoms with E-state index < -0.39 is 22.2 Å². The van der Waals surface area contributed by atoms with Gasteiger partial charge in [0.05, 0.1) is 27.8 Å². The van der Waals surface area contributed by atoms with Crippen LogP contribution in [0.1, 0.15) is 20.8 Å². The zero-order valence-corrected chi connectivity index (χ0v) is 7.17. The van der Waals surface area contributed by atoms with Crippen molar-refractivity contribution in [2.24, 2.45) is 0 Å². The number of carbonyl (C=O) groups excluding carboxylic acids is 3. The van der Waals surface area contributed by atoms with Crippen LogP contribution < -0.4 is 0 Å². The maximum Gasteiger partial charge on any atom is 0.325 e. The minimum atomic E-state index is -0.750. The van der Waals surface area contributed by atoms with E-state index in [0.29, 0.717) is 0 Å². The Hall–Kier alpha value is -1.03. The van der Waals surface area contributed by atoms with Gasteiger partial charge in [-0.15, -0.1) is 4.48 Å². The van der Waals surface area contributed by atoms with Gasteiger partial charge in [0, 0.05) is 0 Å². The summed E-state index contributed by atoms with van der Waals surface area (Å²) in [5.74, 6) is -1.36. The highest BCUT2D eigenvalue weighted by atomic mass is 16.2. The van der Waals surface area contributed by atoms with Gasteiger partial charge in [-0.25, -0.2) is 14.4 Å². The standard InChI is InChI=1S/C7H12NO3/c1-5(9)8(4,6(2)10)7(3)11/h1-4H3/q+1. The molecule has 0 aliphatic heterocycles. The average Bonchev–Trinajstić information content (AvgIpc) is 1.84. The first kappa shape index (κ1) is 9.97. The molecule has 3 amide bonds. The molecule has 4 nitrogen and oxygen atoms in total. The fourth-order valence-corrected chi connectivity index (χ4v) is 0.665. The number of hydrogen-bond donors (Lipinski definition) is 0. The second-order valence-electron chi connectivity index (χ2n) is 2.56. The monoisotopic (exact) mass is 158 g/mol. The molecule has 0 fully saturated rings. The lowest BCUT2D eigenvalue weighted by Gasteiger charge is -2.21. The van der Waals surface area contributed by atoms with Crippen molar-refractivity contribution in [1.29, 1.82) is 0 Å². The molecular formula is C7H12NO3+. The summed E-state index contributed by atoms with van der Waals surface area (Å²) in [4.78, 5) is 32.6. The van der Waals surface area contributed by atoms with Gasteiger partial charge in [0.25, 0.3) is 0 Å². The zero-order chi connectivity index (χ0) is 9.23. The van der Waals surface area contributed by atoms with Gasteiger partial charge in [-0.3, -0.25) is 0 Å². The summed E-state index contributed by atoms with van der Waals surface area (Å²) in [6.45, 7) is 3.68. The van der Waals surface area contributed by atoms with E-state index in [1.807, 2.05) is 0 Å². The van der Waals surface area contributed by atoms with Gasteiger partial charge in [-0.2, -0.15) is 0 Å². The number of nitrogens with zero attached hydrogens (tertiary/aromatic N) is 1. The average molecular weight is 158 g/mol. The molecule has 0 saturated heterocycles. The molecule has 0 aromatic rings. The third kappa shape index (κ3) is 1.51. The van der Waals surface area contributed by atoms with Crippen LogP contribution >= 0.6 is 0 Å². The molecule has 0 radical (unpaired) electrons. The van der Waals surface area contributed by atoms with Gasteiger partial charge in [0.1, 0.15) is 0 Å². The van der Waals surface area contributed by atoms with Crippen molar-refractivity contribution < 1.29 is 18.9 Å². The molecule has 0 atom stereocenters. The van der Waals surface area contributed by atoms with Crippen molar-refractivity contribution in [2.75, 3.05) is 7.05 Å². The first-order valence-electron chi connectivity index (χ1n) is 3.23. The lowest BCUT2D eigenvalue weighted by Crippen LogP contribution is -2.54. The number of amides is 3. The molecule has 0 aromatic carbocycles. The molecule has 0 aromatic heterocycles. The van der Waals surface area contributed by atoms with E-state index in [1.54, 1.807) is 0 Å². The van der Waals surface area contributed by atoms with Crippen molar-refractivity contribution >= 4 is 17.7 Å². The van der Waals surface area contributed by atoms with Crippen LogP contribution in [0.4, 0.5) is 0 Å². The Morgan fingerprint density at radius 3 is 1.00 bits per heavy atom. The summed E-state index contributed by atoms with van der Waals surface area (Å²) in [6.07, 6.45) is 0. The highest BCUT2D eigenvalue weighted by Gasteiger charge is 2.39. The first-order chi connectivity index (χ1) is 4.83. The third-order valence-corrected chi connectivity index (χ3v) is 1.89. The highest BCUT2D eigenvalue weighted by molar-refractivity contribution is 5.95. The van der Waals surface area contributed by atoms with Gasteiger partial charge in [-0.1, -0.05) is 0 Å².